The van der Waals surface area contributed by atoms with Gasteiger partial charge in [0.05, 0.1) is 4.91 Å². The molecule has 0 saturated carbocycles. The molecule has 1 aromatic carbocycles. The van der Waals surface area contributed by atoms with E-state index >= 15 is 0 Å². The summed E-state index contributed by atoms with van der Waals surface area (Å²) < 4.78 is 19.4. The third-order valence-corrected chi connectivity index (χ3v) is 6.49. The van der Waals surface area contributed by atoms with Gasteiger partial charge in [0, 0.05) is 37.8 Å². The summed E-state index contributed by atoms with van der Waals surface area (Å²) in [7, 11) is 0. The van der Waals surface area contributed by atoms with E-state index in [9.17, 15) is 9.18 Å². The first-order valence-corrected chi connectivity index (χ1v) is 11.1. The molecule has 0 bridgehead atoms. The van der Waals surface area contributed by atoms with Crippen LogP contribution < -0.4 is 10.2 Å². The molecule has 6 nitrogen and oxygen atoms in total. The highest BCUT2D eigenvalue weighted by Gasteiger charge is 2.25. The zero-order valence-electron chi connectivity index (χ0n) is 16.0. The van der Waals surface area contributed by atoms with Crippen LogP contribution >= 0.6 is 24.0 Å². The second-order valence-electron chi connectivity index (χ2n) is 7.17. The molecule has 1 amide bonds. The summed E-state index contributed by atoms with van der Waals surface area (Å²) in [6, 6.07) is 4.19. The number of ether oxygens (including phenoxy) is 1. The second kappa shape index (κ2) is 9.23. The Morgan fingerprint density at radius 3 is 2.76 bits per heavy atom. The number of likely N-dealkylation sites (tertiary alicyclic amines) is 1. The van der Waals surface area contributed by atoms with Crippen molar-refractivity contribution in [1.82, 2.24) is 15.3 Å². The number of hydrazine groups is 1. The molecule has 1 aromatic rings. The van der Waals surface area contributed by atoms with Gasteiger partial charge < -0.3 is 9.64 Å². The lowest BCUT2D eigenvalue weighted by molar-refractivity contribution is 0.142. The van der Waals surface area contributed by atoms with Gasteiger partial charge in [-0.3, -0.25) is 5.01 Å². The van der Waals surface area contributed by atoms with Crippen LogP contribution in [0.5, 0.6) is 5.75 Å². The topological polar surface area (TPSA) is 57.2 Å². The number of carbonyl (C=O) groups is 1. The van der Waals surface area contributed by atoms with Gasteiger partial charge in [-0.2, -0.15) is 0 Å². The highest BCUT2D eigenvalue weighted by Crippen LogP contribution is 2.33. The Labute approximate surface area is 179 Å². The molecule has 9 heteroatoms. The predicted molar refractivity (Wildman–Crippen MR) is 117 cm³/mol. The van der Waals surface area contributed by atoms with Gasteiger partial charge in [0.25, 0.3) is 0 Å². The van der Waals surface area contributed by atoms with Crippen LogP contribution in [-0.2, 0) is 0 Å². The van der Waals surface area contributed by atoms with Gasteiger partial charge in [0.1, 0.15) is 16.6 Å². The van der Waals surface area contributed by atoms with Crippen LogP contribution in [0.1, 0.15) is 37.7 Å². The molecule has 0 unspecified atom stereocenters. The number of thioether (sulfide) groups is 1. The van der Waals surface area contributed by atoms with Crippen molar-refractivity contribution < 1.29 is 13.9 Å². The van der Waals surface area contributed by atoms with E-state index in [0.29, 0.717) is 23.6 Å². The highest BCUT2D eigenvalue weighted by molar-refractivity contribution is 8.19. The van der Waals surface area contributed by atoms with Crippen molar-refractivity contribution in [3.8, 4) is 5.75 Å². The molecule has 29 heavy (non-hydrogen) atoms. The van der Waals surface area contributed by atoms with E-state index in [1.54, 1.807) is 11.0 Å². The summed E-state index contributed by atoms with van der Waals surface area (Å²) in [6.45, 7) is 3.14. The summed E-state index contributed by atoms with van der Waals surface area (Å²) in [6.07, 6.45) is 6.66. The molecule has 1 N–H and O–H groups in total. The zero-order valence-corrected chi connectivity index (χ0v) is 17.7. The normalized spacial score (nSPS) is 21.5. The SMILES string of the molecule is O=C(Oc1cc(F)ccc1C=C1SC(N2CCCCN2)=NC1=S)N1CCCCC1. The summed E-state index contributed by atoms with van der Waals surface area (Å²) >= 11 is 6.89. The number of hydrogen-bond donors (Lipinski definition) is 1. The molecule has 0 spiro atoms. The van der Waals surface area contributed by atoms with E-state index in [2.05, 4.69) is 10.4 Å². The van der Waals surface area contributed by atoms with Crippen molar-refractivity contribution in [2.45, 2.75) is 32.1 Å². The maximum Gasteiger partial charge on any atom is 0.415 e. The quantitative estimate of drug-likeness (QED) is 0.557. The lowest BCUT2D eigenvalue weighted by atomic mass is 10.1. The highest BCUT2D eigenvalue weighted by atomic mass is 32.2. The lowest BCUT2D eigenvalue weighted by Crippen LogP contribution is -2.45. The molecular weight excluding hydrogens is 411 g/mol. The second-order valence-corrected chi connectivity index (χ2v) is 8.57. The van der Waals surface area contributed by atoms with Crippen LogP contribution in [-0.4, -0.2) is 52.3 Å². The van der Waals surface area contributed by atoms with Crippen LogP contribution in [0.4, 0.5) is 9.18 Å². The van der Waals surface area contributed by atoms with Gasteiger partial charge >= 0.3 is 6.09 Å². The molecule has 154 valence electrons. The smallest absolute Gasteiger partial charge is 0.409 e. The van der Waals surface area contributed by atoms with Gasteiger partial charge in [0.2, 0.25) is 0 Å². The minimum atomic E-state index is -0.454. The molecule has 0 aromatic heterocycles. The minimum Gasteiger partial charge on any atom is -0.409 e. The third-order valence-electron chi connectivity index (χ3n) is 5.03. The van der Waals surface area contributed by atoms with E-state index in [4.69, 9.17) is 17.0 Å². The monoisotopic (exact) mass is 434 g/mol. The first-order valence-electron chi connectivity index (χ1n) is 9.90. The number of thiocarbonyl (C=S) groups is 1. The van der Waals surface area contributed by atoms with Crippen molar-refractivity contribution in [2.75, 3.05) is 26.2 Å². The standard InChI is InChI=1S/C20H23FN4O2S2/c21-15-7-6-14(16(13-15)27-20(26)24-9-3-1-4-10-24)12-17-18(28)23-19(29-17)25-11-5-2-8-22-25/h6-7,12-13,22H,1-5,8-11H2. The Balaban J connectivity index is 1.51. The molecule has 3 heterocycles. The first-order chi connectivity index (χ1) is 14.1. The Bertz CT molecular complexity index is 862. The number of nitrogens with zero attached hydrogens (tertiary/aromatic N) is 3. The van der Waals surface area contributed by atoms with Crippen LogP contribution in [0.15, 0.2) is 28.1 Å². The number of amidine groups is 1. The van der Waals surface area contributed by atoms with E-state index in [1.807, 2.05) is 11.1 Å². The van der Waals surface area contributed by atoms with Crippen molar-refractivity contribution in [3.05, 3.63) is 34.5 Å². The number of amides is 1. The number of piperidine rings is 1. The minimum absolute atomic E-state index is 0.195. The molecule has 4 rings (SSSR count). The Kier molecular flexibility index (Phi) is 6.46. The van der Waals surface area contributed by atoms with E-state index in [0.717, 1.165) is 55.3 Å². The Morgan fingerprint density at radius 2 is 2.00 bits per heavy atom. The fourth-order valence-corrected chi connectivity index (χ4v) is 4.70. The van der Waals surface area contributed by atoms with Crippen LogP contribution in [0, 0.1) is 5.82 Å². The number of nitrogens with one attached hydrogen (secondary N) is 1. The van der Waals surface area contributed by atoms with Gasteiger partial charge in [-0.1, -0.05) is 12.2 Å². The van der Waals surface area contributed by atoms with Crippen molar-refractivity contribution in [3.63, 3.8) is 0 Å². The fourth-order valence-electron chi connectivity index (χ4n) is 3.46. The summed E-state index contributed by atoms with van der Waals surface area (Å²) in [5, 5.41) is 2.83. The molecule has 0 atom stereocenters. The van der Waals surface area contributed by atoms with Crippen LogP contribution in [0.2, 0.25) is 0 Å². The molecule has 3 aliphatic heterocycles. The first kappa shape index (κ1) is 20.3. The summed E-state index contributed by atoms with van der Waals surface area (Å²) in [5.74, 6) is -0.259. The molecule has 3 aliphatic rings. The maximum absolute atomic E-state index is 13.8. The fraction of sp³-hybridized carbons (Fsp3) is 0.450. The number of rotatable bonds is 2. The van der Waals surface area contributed by atoms with Crippen LogP contribution in [0.3, 0.4) is 0 Å². The Hall–Kier alpha value is -1.97. The number of benzene rings is 1. The largest absolute Gasteiger partial charge is 0.415 e. The van der Waals surface area contributed by atoms with Crippen molar-refractivity contribution in [1.29, 1.82) is 0 Å². The number of aliphatic imine (C=N–C) groups is 1. The van der Waals surface area contributed by atoms with Crippen molar-refractivity contribution >= 4 is 46.3 Å². The van der Waals surface area contributed by atoms with Crippen LogP contribution in [0.25, 0.3) is 6.08 Å². The van der Waals surface area contributed by atoms with Gasteiger partial charge in [0.15, 0.2) is 5.17 Å². The van der Waals surface area contributed by atoms with Gasteiger partial charge in [-0.05, 0) is 62.1 Å². The average Bonchev–Trinajstić information content (AvgIpc) is 3.11. The number of halogens is 1. The van der Waals surface area contributed by atoms with E-state index < -0.39 is 11.9 Å². The zero-order chi connectivity index (χ0) is 20.2. The molecule has 0 aliphatic carbocycles. The van der Waals surface area contributed by atoms with E-state index in [1.165, 1.54) is 23.9 Å². The van der Waals surface area contributed by atoms with Gasteiger partial charge in [-0.25, -0.2) is 19.6 Å². The summed E-state index contributed by atoms with van der Waals surface area (Å²) in [5.41, 5.74) is 3.92. The molecular formula is C20H23FN4O2S2. The number of carbonyl (C=O) groups excluding carboxylic acids is 1. The lowest BCUT2D eigenvalue weighted by Gasteiger charge is -2.28. The number of hydrogen-bond acceptors (Lipinski definition) is 6. The van der Waals surface area contributed by atoms with E-state index in [-0.39, 0.29) is 5.75 Å². The average molecular weight is 435 g/mol. The summed E-state index contributed by atoms with van der Waals surface area (Å²) in [4.78, 5) is 19.9. The van der Waals surface area contributed by atoms with Crippen molar-refractivity contribution in [2.24, 2.45) is 4.99 Å². The molecule has 2 saturated heterocycles. The molecule has 0 radical (unpaired) electrons. The third kappa shape index (κ3) is 4.96. The maximum atomic E-state index is 13.8. The molecule has 2 fully saturated rings. The van der Waals surface area contributed by atoms with Gasteiger partial charge in [-0.15, -0.1) is 0 Å². The predicted octanol–water partition coefficient (Wildman–Crippen LogP) is 4.18. The Morgan fingerprint density at radius 1 is 1.21 bits per heavy atom.